The molecule has 2 N–H and O–H groups in total. The van der Waals surface area contributed by atoms with Crippen molar-refractivity contribution in [2.45, 2.75) is 12.4 Å². The smallest absolute Gasteiger partial charge is 0.452 e. The number of carbonyl (C=O) groups excluding carboxylic acids is 1. The molecular weight excluding hydrogens is 814 g/mol. The molecule has 264 valence electrons. The van der Waals surface area contributed by atoms with Crippen molar-refractivity contribution >= 4 is 55.4 Å². The summed E-state index contributed by atoms with van der Waals surface area (Å²) in [4.78, 5) is 40.4. The number of ether oxygens (including phenoxy) is 1. The number of oxazole rings is 2. The van der Waals surface area contributed by atoms with Gasteiger partial charge in [-0.2, -0.15) is 26.3 Å². The Labute approximate surface area is 294 Å². The Morgan fingerprint density at radius 1 is 0.840 bits per heavy atom. The van der Waals surface area contributed by atoms with Gasteiger partial charge < -0.3 is 28.9 Å². The van der Waals surface area contributed by atoms with Gasteiger partial charge in [0.15, 0.2) is 11.4 Å². The molecule has 0 spiro atoms. The van der Waals surface area contributed by atoms with Crippen LogP contribution in [0.3, 0.4) is 0 Å². The van der Waals surface area contributed by atoms with E-state index in [1.165, 1.54) is 24.5 Å². The van der Waals surface area contributed by atoms with E-state index < -0.39 is 53.0 Å². The lowest BCUT2D eigenvalue weighted by molar-refractivity contribution is -0.153. The zero-order valence-electron chi connectivity index (χ0n) is 25.4. The van der Waals surface area contributed by atoms with E-state index in [-0.39, 0.29) is 22.7 Å². The molecule has 0 saturated heterocycles. The molecule has 0 unspecified atom stereocenters. The molecule has 0 radical (unpaired) electrons. The average molecular weight is 836 g/mol. The Kier molecular flexibility index (Phi) is 12.0. The summed E-state index contributed by atoms with van der Waals surface area (Å²) in [6.07, 6.45) is -7.26. The van der Waals surface area contributed by atoms with Crippen molar-refractivity contribution in [2.75, 3.05) is 37.5 Å². The van der Waals surface area contributed by atoms with E-state index in [0.29, 0.717) is 28.0 Å². The number of benzene rings is 2. The third kappa shape index (κ3) is 9.24. The molecule has 2 aromatic carbocycles. The second-order valence-corrected chi connectivity index (χ2v) is 11.5. The number of hydrogen-bond acceptors (Lipinski definition) is 10. The Morgan fingerprint density at radius 2 is 1.30 bits per heavy atom. The quantitative estimate of drug-likeness (QED) is 0.139. The third-order valence-electron chi connectivity index (χ3n) is 6.26. The molecule has 0 aliphatic heterocycles. The topological polar surface area (TPSA) is 157 Å². The van der Waals surface area contributed by atoms with Gasteiger partial charge in [-0.3, -0.25) is 4.79 Å². The number of carboxylic acids is 1. The van der Waals surface area contributed by atoms with Crippen molar-refractivity contribution in [2.24, 2.45) is 0 Å². The van der Waals surface area contributed by atoms with Gasteiger partial charge in [-0.05, 0) is 56.1 Å². The molecule has 0 atom stereocenters. The van der Waals surface area contributed by atoms with Crippen molar-refractivity contribution < 1.29 is 54.6 Å². The van der Waals surface area contributed by atoms with Crippen LogP contribution in [0.15, 0.2) is 78.7 Å². The van der Waals surface area contributed by atoms with Crippen LogP contribution in [0.1, 0.15) is 32.5 Å². The van der Waals surface area contributed by atoms with Crippen LogP contribution < -0.4 is 10.2 Å². The van der Waals surface area contributed by atoms with Crippen LogP contribution in [-0.4, -0.2) is 64.2 Å². The van der Waals surface area contributed by atoms with E-state index in [1.807, 2.05) is 0 Å². The van der Waals surface area contributed by atoms with E-state index in [0.717, 1.165) is 0 Å². The number of rotatable bonds is 9. The van der Waals surface area contributed by atoms with Gasteiger partial charge in [-0.25, -0.2) is 24.7 Å². The highest BCUT2D eigenvalue weighted by atomic mass is 79.9. The Morgan fingerprint density at radius 3 is 1.72 bits per heavy atom. The first-order valence-electron chi connectivity index (χ1n) is 13.7. The largest absolute Gasteiger partial charge is 0.476 e. The van der Waals surface area contributed by atoms with Crippen LogP contribution >= 0.6 is 31.9 Å². The van der Waals surface area contributed by atoms with Crippen LogP contribution in [0.2, 0.25) is 0 Å². The monoisotopic (exact) mass is 834 g/mol. The lowest BCUT2D eigenvalue weighted by atomic mass is 10.2. The molecule has 3 aromatic heterocycles. The van der Waals surface area contributed by atoms with Crippen molar-refractivity contribution in [3.63, 3.8) is 0 Å². The Hall–Kier alpha value is -4.82. The van der Waals surface area contributed by atoms with Crippen LogP contribution in [-0.2, 0) is 17.1 Å². The van der Waals surface area contributed by atoms with Gasteiger partial charge in [-0.1, -0.05) is 24.3 Å². The molecule has 0 saturated carbocycles. The number of methoxy groups -OCH3 is 1. The number of hydrogen-bond donors (Lipinski definition) is 2. The molecular formula is C30H22Br2F6N6O6. The number of anilines is 2. The average Bonchev–Trinajstić information content (AvgIpc) is 3.72. The van der Waals surface area contributed by atoms with Crippen molar-refractivity contribution in [1.29, 1.82) is 0 Å². The molecule has 5 rings (SSSR count). The maximum atomic E-state index is 13.5. The summed E-state index contributed by atoms with van der Waals surface area (Å²) in [5, 5.41) is 11.0. The van der Waals surface area contributed by atoms with Crippen molar-refractivity contribution in [1.82, 2.24) is 19.9 Å². The van der Waals surface area contributed by atoms with Gasteiger partial charge in [0.05, 0.1) is 35.8 Å². The summed E-state index contributed by atoms with van der Waals surface area (Å²) in [6, 6.07) is 12.7. The summed E-state index contributed by atoms with van der Waals surface area (Å²) in [7, 11) is 3.31. The fourth-order valence-electron chi connectivity index (χ4n) is 3.92. The van der Waals surface area contributed by atoms with E-state index in [2.05, 4.69) is 61.5 Å². The van der Waals surface area contributed by atoms with Gasteiger partial charge in [0.25, 0.3) is 5.91 Å². The van der Waals surface area contributed by atoms with E-state index in [1.54, 1.807) is 55.5 Å². The van der Waals surface area contributed by atoms with Gasteiger partial charge >= 0.3 is 18.3 Å². The highest BCUT2D eigenvalue weighted by molar-refractivity contribution is 9.11. The van der Waals surface area contributed by atoms with E-state index in [4.69, 9.17) is 14.3 Å². The van der Waals surface area contributed by atoms with Crippen LogP contribution in [0, 0.1) is 0 Å². The lowest BCUT2D eigenvalue weighted by Gasteiger charge is -2.16. The maximum absolute atomic E-state index is 13.5. The minimum Gasteiger partial charge on any atom is -0.476 e. The number of nitrogens with zero attached hydrogens (tertiary/aromatic N) is 5. The van der Waals surface area contributed by atoms with Crippen molar-refractivity contribution in [3.8, 4) is 22.9 Å². The molecule has 1 amide bonds. The van der Waals surface area contributed by atoms with Gasteiger partial charge in [0.2, 0.25) is 29.3 Å². The first-order valence-corrected chi connectivity index (χ1v) is 15.3. The van der Waals surface area contributed by atoms with Gasteiger partial charge in [0.1, 0.15) is 0 Å². The summed E-state index contributed by atoms with van der Waals surface area (Å²) in [5.41, 5.74) is -1.43. The standard InChI is InChI=1S/C19H17BrF3N5O3.C11H5BrF3NO3/c1-28(7-8-30-2)18-24-9-11(10-25-18)26-16(29)14-15(19(21,22)23)31-17(27-14)12-5-3-4-6-13(12)20;12-6-4-2-1-3-5(6)9-16-7(10(17)18)8(19-9)11(13,14)15/h3-6,9-10H,7-8H2,1-2H3,(H,26,29);1-4H,(H,17,18). The lowest BCUT2D eigenvalue weighted by Crippen LogP contribution is -2.24. The molecule has 12 nitrogen and oxygen atoms in total. The zero-order valence-corrected chi connectivity index (χ0v) is 28.6. The van der Waals surface area contributed by atoms with E-state index in [9.17, 15) is 35.9 Å². The fraction of sp³-hybridized carbons (Fsp3) is 0.200. The SMILES string of the molecule is COCCN(C)c1ncc(NC(=O)c2nc(-c3ccccc3Br)oc2C(F)(F)F)cn1.O=C(O)c1nc(-c2ccccc2Br)oc1C(F)(F)F. The molecule has 5 aromatic rings. The molecule has 20 heteroatoms. The Bertz CT molecular complexity index is 1970. The van der Waals surface area contributed by atoms with Gasteiger partial charge in [0, 0.05) is 29.6 Å². The number of likely N-dealkylation sites (N-methyl/N-ethyl adjacent to an activating group) is 1. The van der Waals surface area contributed by atoms with Crippen LogP contribution in [0.4, 0.5) is 38.0 Å². The highest BCUT2D eigenvalue weighted by Gasteiger charge is 2.43. The normalized spacial score (nSPS) is 11.5. The van der Waals surface area contributed by atoms with Crippen molar-refractivity contribution in [3.05, 3.63) is 92.8 Å². The number of nitrogens with one attached hydrogen (secondary N) is 1. The van der Waals surface area contributed by atoms with Crippen LogP contribution in [0.25, 0.3) is 22.9 Å². The Balaban J connectivity index is 0.000000252. The summed E-state index contributed by atoms with van der Waals surface area (Å²) in [6.45, 7) is 0.999. The second kappa shape index (κ2) is 15.8. The summed E-state index contributed by atoms with van der Waals surface area (Å²) >= 11 is 6.36. The molecule has 50 heavy (non-hydrogen) atoms. The fourth-order valence-corrected chi connectivity index (χ4v) is 4.83. The number of carboxylic acid groups (broad SMARTS) is 1. The zero-order chi connectivity index (χ0) is 36.8. The number of aromatic nitrogens is 4. The summed E-state index contributed by atoms with van der Waals surface area (Å²) in [5.74, 6) is -6.39. The first kappa shape index (κ1) is 38.0. The molecule has 0 aliphatic carbocycles. The van der Waals surface area contributed by atoms with Gasteiger partial charge in [-0.15, -0.1) is 0 Å². The highest BCUT2D eigenvalue weighted by Crippen LogP contribution is 2.38. The predicted molar refractivity (Wildman–Crippen MR) is 171 cm³/mol. The molecule has 0 bridgehead atoms. The maximum Gasteiger partial charge on any atom is 0.452 e. The summed E-state index contributed by atoms with van der Waals surface area (Å²) < 4.78 is 93.6. The molecule has 0 aliphatic rings. The molecule has 0 fully saturated rings. The predicted octanol–water partition coefficient (Wildman–Crippen LogP) is 8.07. The number of aromatic carboxylic acids is 1. The molecule has 3 heterocycles. The first-order chi connectivity index (χ1) is 23.5. The number of carbonyl (C=O) groups is 2. The minimum atomic E-state index is -4.92. The van der Waals surface area contributed by atoms with Crippen LogP contribution in [0.5, 0.6) is 0 Å². The number of amides is 1. The second-order valence-electron chi connectivity index (χ2n) is 9.79. The third-order valence-corrected chi connectivity index (χ3v) is 7.65. The number of halogens is 8. The minimum absolute atomic E-state index is 0.104. The number of alkyl halides is 6. The van der Waals surface area contributed by atoms with E-state index >= 15 is 0 Å².